The average molecular weight is 537 g/mol. The third kappa shape index (κ3) is 5.77. The van der Waals surface area contributed by atoms with Crippen molar-refractivity contribution in [3.05, 3.63) is 53.1 Å². The Morgan fingerprint density at radius 3 is 2.16 bits per heavy atom. The number of amides is 1. The summed E-state index contributed by atoms with van der Waals surface area (Å²) < 4.78 is 42.5. The molecule has 1 heterocycles. The van der Waals surface area contributed by atoms with Gasteiger partial charge in [-0.2, -0.15) is 13.2 Å². The zero-order valence-electron chi connectivity index (χ0n) is 21.2. The second-order valence-electron chi connectivity index (χ2n) is 9.27. The zero-order chi connectivity index (χ0) is 28.1. The highest BCUT2D eigenvalue weighted by Crippen LogP contribution is 2.53. The topological polar surface area (TPSA) is 128 Å². The Morgan fingerprint density at radius 1 is 1.08 bits per heavy atom. The third-order valence-electron chi connectivity index (χ3n) is 7.07. The Balaban J connectivity index is 0.000000505. The van der Waals surface area contributed by atoms with Crippen molar-refractivity contribution < 1.29 is 42.1 Å². The highest BCUT2D eigenvalue weighted by molar-refractivity contribution is 6.10. The van der Waals surface area contributed by atoms with Gasteiger partial charge in [-0.1, -0.05) is 43.9 Å². The first-order chi connectivity index (χ1) is 18.0. The molecule has 0 aromatic heterocycles. The monoisotopic (exact) mass is 536 g/mol. The number of halogens is 3. The number of methoxy groups -OCH3 is 1. The lowest BCUT2D eigenvalue weighted by atomic mass is 9.64. The SMILES string of the molecule is COc1ccc2c(c1C)NC(=O)C2(c1ccc(OC(=O)CN)cc1)C1CCCCCC1.O=C(O)C(F)(F)F. The van der Waals surface area contributed by atoms with Gasteiger partial charge in [0.2, 0.25) is 5.91 Å². The largest absolute Gasteiger partial charge is 0.496 e. The van der Waals surface area contributed by atoms with Gasteiger partial charge in [-0.25, -0.2) is 4.79 Å². The molecule has 1 saturated carbocycles. The fraction of sp³-hybridized carbons (Fsp3) is 0.444. The van der Waals surface area contributed by atoms with Gasteiger partial charge in [0.15, 0.2) is 0 Å². The molecule has 4 rings (SSSR count). The Bertz CT molecular complexity index is 1170. The van der Waals surface area contributed by atoms with E-state index in [2.05, 4.69) is 5.32 Å². The summed E-state index contributed by atoms with van der Waals surface area (Å²) in [5.41, 5.74) is 8.31. The number of fused-ring (bicyclic) bond motifs is 1. The van der Waals surface area contributed by atoms with E-state index in [1.807, 2.05) is 31.2 Å². The summed E-state index contributed by atoms with van der Waals surface area (Å²) in [6.07, 6.45) is 1.57. The highest BCUT2D eigenvalue weighted by atomic mass is 19.4. The Kier molecular flexibility index (Phi) is 9.03. The number of hydrogen-bond acceptors (Lipinski definition) is 6. The molecule has 1 amide bonds. The van der Waals surface area contributed by atoms with Crippen LogP contribution in [0.3, 0.4) is 0 Å². The van der Waals surface area contributed by atoms with Gasteiger partial charge in [0.25, 0.3) is 0 Å². The van der Waals surface area contributed by atoms with Crippen molar-refractivity contribution in [2.45, 2.75) is 57.0 Å². The van der Waals surface area contributed by atoms with Crippen molar-refractivity contribution in [3.63, 3.8) is 0 Å². The summed E-state index contributed by atoms with van der Waals surface area (Å²) in [5, 5.41) is 10.3. The number of carboxylic acid groups (broad SMARTS) is 1. The molecule has 0 spiro atoms. The smallest absolute Gasteiger partial charge is 0.490 e. The van der Waals surface area contributed by atoms with Crippen LogP contribution in [0.2, 0.25) is 0 Å². The van der Waals surface area contributed by atoms with Crippen molar-refractivity contribution >= 4 is 23.5 Å². The van der Waals surface area contributed by atoms with Crippen LogP contribution in [0, 0.1) is 12.8 Å². The number of alkyl halides is 3. The summed E-state index contributed by atoms with van der Waals surface area (Å²) in [4.78, 5) is 34.2. The van der Waals surface area contributed by atoms with Crippen LogP contribution in [0.4, 0.5) is 18.9 Å². The van der Waals surface area contributed by atoms with Crippen molar-refractivity contribution in [3.8, 4) is 11.5 Å². The van der Waals surface area contributed by atoms with Gasteiger partial charge in [0.05, 0.1) is 19.3 Å². The second kappa shape index (κ2) is 11.8. The van der Waals surface area contributed by atoms with E-state index in [-0.39, 0.29) is 18.4 Å². The second-order valence-corrected chi connectivity index (χ2v) is 9.27. The van der Waals surface area contributed by atoms with Gasteiger partial charge < -0.3 is 25.6 Å². The molecule has 11 heteroatoms. The predicted octanol–water partition coefficient (Wildman–Crippen LogP) is 4.71. The third-order valence-corrected chi connectivity index (χ3v) is 7.07. The van der Waals surface area contributed by atoms with Crippen LogP contribution in [0.5, 0.6) is 11.5 Å². The van der Waals surface area contributed by atoms with E-state index in [0.717, 1.165) is 53.8 Å². The standard InChI is InChI=1S/C25H30N2O4.C2HF3O2/c1-16-21(30-2)14-13-20-23(16)27-24(29)25(20,17-7-5-3-4-6-8-17)18-9-11-19(12-10-18)31-22(28)15-26;3-2(4,5)1(6)7/h9-14,17H,3-8,15,26H2,1-2H3,(H,27,29);(H,6,7). The highest BCUT2D eigenvalue weighted by Gasteiger charge is 2.53. The van der Waals surface area contributed by atoms with Crippen LogP contribution in [0.25, 0.3) is 0 Å². The van der Waals surface area contributed by atoms with E-state index in [1.54, 1.807) is 19.2 Å². The van der Waals surface area contributed by atoms with E-state index >= 15 is 0 Å². The maximum absolute atomic E-state index is 13.8. The molecule has 1 aliphatic heterocycles. The lowest BCUT2D eigenvalue weighted by molar-refractivity contribution is -0.192. The van der Waals surface area contributed by atoms with Gasteiger partial charge in [-0.05, 0) is 55.0 Å². The summed E-state index contributed by atoms with van der Waals surface area (Å²) in [5.74, 6) is -1.84. The molecule has 2 aromatic carbocycles. The number of nitrogens with one attached hydrogen (secondary N) is 1. The van der Waals surface area contributed by atoms with Gasteiger partial charge in [0.1, 0.15) is 16.9 Å². The lowest BCUT2D eigenvalue weighted by Crippen LogP contribution is -2.43. The normalized spacial score (nSPS) is 19.4. The minimum Gasteiger partial charge on any atom is -0.496 e. The molecule has 4 N–H and O–H groups in total. The van der Waals surface area contributed by atoms with Crippen LogP contribution in [0.1, 0.15) is 55.2 Å². The number of hydrogen-bond donors (Lipinski definition) is 3. The van der Waals surface area contributed by atoms with E-state index in [1.165, 1.54) is 12.8 Å². The molecular weight excluding hydrogens is 505 g/mol. The summed E-state index contributed by atoms with van der Waals surface area (Å²) in [6, 6.07) is 11.3. The molecule has 2 aliphatic rings. The number of aliphatic carboxylic acids is 1. The molecule has 206 valence electrons. The van der Waals surface area contributed by atoms with E-state index in [9.17, 15) is 22.8 Å². The van der Waals surface area contributed by atoms with Crippen LogP contribution < -0.4 is 20.5 Å². The molecule has 0 bridgehead atoms. The van der Waals surface area contributed by atoms with E-state index in [0.29, 0.717) is 5.75 Å². The minimum absolute atomic E-state index is 0.0115. The van der Waals surface area contributed by atoms with Gasteiger partial charge in [-0.3, -0.25) is 9.59 Å². The summed E-state index contributed by atoms with van der Waals surface area (Å²) in [7, 11) is 1.64. The van der Waals surface area contributed by atoms with Crippen LogP contribution >= 0.6 is 0 Å². The van der Waals surface area contributed by atoms with Crippen molar-refractivity contribution in [2.75, 3.05) is 19.0 Å². The number of ether oxygens (including phenoxy) is 2. The number of rotatable bonds is 5. The van der Waals surface area contributed by atoms with Crippen molar-refractivity contribution in [1.29, 1.82) is 0 Å². The molecular formula is C27H31F3N2O6. The summed E-state index contributed by atoms with van der Waals surface area (Å²) in [6.45, 7) is 1.81. The first kappa shape index (κ1) is 29.0. The maximum Gasteiger partial charge on any atom is 0.490 e. The molecule has 2 aromatic rings. The van der Waals surface area contributed by atoms with Crippen LogP contribution in [-0.4, -0.2) is 42.8 Å². The molecule has 38 heavy (non-hydrogen) atoms. The Hall–Kier alpha value is -3.60. The molecule has 0 radical (unpaired) electrons. The molecule has 1 atom stereocenters. The molecule has 1 unspecified atom stereocenters. The predicted molar refractivity (Wildman–Crippen MR) is 133 cm³/mol. The number of carbonyl (C=O) groups excluding carboxylic acids is 2. The number of anilines is 1. The quantitative estimate of drug-likeness (QED) is 0.287. The average Bonchev–Trinajstić information content (AvgIpc) is 3.02. The first-order valence-electron chi connectivity index (χ1n) is 12.3. The number of nitrogens with two attached hydrogens (primary N) is 1. The lowest BCUT2D eigenvalue weighted by Gasteiger charge is -2.36. The van der Waals surface area contributed by atoms with Crippen LogP contribution in [0.15, 0.2) is 36.4 Å². The zero-order valence-corrected chi connectivity index (χ0v) is 21.2. The fourth-order valence-corrected chi connectivity index (χ4v) is 5.34. The van der Waals surface area contributed by atoms with Crippen LogP contribution in [-0.2, 0) is 19.8 Å². The molecule has 1 fully saturated rings. The van der Waals surface area contributed by atoms with Gasteiger partial charge in [-0.15, -0.1) is 0 Å². The number of carboxylic acids is 1. The Labute approximate surface area is 218 Å². The molecule has 8 nitrogen and oxygen atoms in total. The van der Waals surface area contributed by atoms with Gasteiger partial charge >= 0.3 is 18.1 Å². The Morgan fingerprint density at radius 2 is 1.66 bits per heavy atom. The maximum atomic E-state index is 13.8. The van der Waals surface area contributed by atoms with E-state index < -0.39 is 23.5 Å². The molecule has 1 aliphatic carbocycles. The number of esters is 1. The number of benzene rings is 2. The summed E-state index contributed by atoms with van der Waals surface area (Å²) >= 11 is 0. The fourth-order valence-electron chi connectivity index (χ4n) is 5.34. The number of carbonyl (C=O) groups is 3. The molecule has 0 saturated heterocycles. The van der Waals surface area contributed by atoms with Crippen molar-refractivity contribution in [1.82, 2.24) is 0 Å². The van der Waals surface area contributed by atoms with Crippen molar-refractivity contribution in [2.24, 2.45) is 11.7 Å². The van der Waals surface area contributed by atoms with Gasteiger partial charge in [0, 0.05) is 5.56 Å². The van der Waals surface area contributed by atoms with E-state index in [4.69, 9.17) is 25.1 Å². The first-order valence-corrected chi connectivity index (χ1v) is 12.3. The minimum atomic E-state index is -5.08.